The van der Waals surface area contributed by atoms with Gasteiger partial charge in [0.25, 0.3) is 0 Å². The van der Waals surface area contributed by atoms with Gasteiger partial charge >= 0.3 is 43.2 Å². The maximum absolute atomic E-state index is 13.0. The summed E-state index contributed by atoms with van der Waals surface area (Å²) < 4.78 is 80.7. The molecule has 1 aliphatic rings. The topological polar surface area (TPSA) is 349 Å². The van der Waals surface area contributed by atoms with Crippen LogP contribution in [0.25, 0.3) is 0 Å². The molecule has 1 saturated carbocycles. The van der Waals surface area contributed by atoms with Gasteiger partial charge < -0.3 is 53.9 Å². The van der Waals surface area contributed by atoms with E-state index >= 15 is 0 Å². The zero-order chi connectivity index (χ0) is 39.0. The Balaban J connectivity index is 3.19. The SMILES string of the molecule is CCCCCCCC(=O)OC[C@@H](COP(=O)(O)OC1[C@H](O)[C@H](OP(=O)(O)O)C(OP(=O)(O)O)[C@H](OP(=O)(O)O)[C@H]1O)OC(=O)CCCCCCC. The van der Waals surface area contributed by atoms with Crippen LogP contribution >= 0.6 is 31.3 Å². The standard InChI is InChI=1S/C25H50O22P4/c1-3-5-7-9-11-13-18(26)41-15-17(43-19(27)14-12-10-8-6-4-2)16-42-51(39,40)47-22-20(28)23(44-48(30,31)32)25(46-50(36,37)38)24(21(22)29)45-49(33,34)35/h17,20-25,28-29H,3-16H2,1-2H3,(H,39,40)(H2,30,31,32)(H2,33,34,35)(H2,36,37,38)/t17-,20-,21-,22?,23-,24+,25?/m0/s1. The van der Waals surface area contributed by atoms with Crippen LogP contribution in [0, 0.1) is 0 Å². The van der Waals surface area contributed by atoms with Crippen LogP contribution in [0.3, 0.4) is 0 Å². The second-order valence-electron chi connectivity index (χ2n) is 11.6. The number of aliphatic hydroxyl groups excluding tert-OH is 2. The number of hydrogen-bond donors (Lipinski definition) is 9. The van der Waals surface area contributed by atoms with E-state index in [-0.39, 0.29) is 12.8 Å². The summed E-state index contributed by atoms with van der Waals surface area (Å²) in [7, 11) is -22.9. The van der Waals surface area contributed by atoms with Crippen LogP contribution < -0.4 is 0 Å². The molecule has 0 aromatic carbocycles. The number of phosphoric acid groups is 4. The van der Waals surface area contributed by atoms with Gasteiger partial charge in [-0.2, -0.15) is 0 Å². The van der Waals surface area contributed by atoms with Gasteiger partial charge in [-0.05, 0) is 12.8 Å². The van der Waals surface area contributed by atoms with Crippen LogP contribution in [-0.4, -0.2) is 112 Å². The Kier molecular flexibility index (Phi) is 21.4. The van der Waals surface area contributed by atoms with E-state index in [1.54, 1.807) is 0 Å². The lowest BCUT2D eigenvalue weighted by Crippen LogP contribution is -2.65. The quantitative estimate of drug-likeness (QED) is 0.0341. The van der Waals surface area contributed by atoms with Crippen LogP contribution in [0.15, 0.2) is 0 Å². The lowest BCUT2D eigenvalue weighted by Gasteiger charge is -2.45. The summed E-state index contributed by atoms with van der Waals surface area (Å²) in [6.45, 7) is 2.38. The van der Waals surface area contributed by atoms with Crippen molar-refractivity contribution in [3.63, 3.8) is 0 Å². The Morgan fingerprint density at radius 2 is 0.961 bits per heavy atom. The Morgan fingerprint density at radius 3 is 1.39 bits per heavy atom. The first-order chi connectivity index (χ1) is 23.5. The van der Waals surface area contributed by atoms with Crippen LogP contribution in [0.4, 0.5) is 0 Å². The van der Waals surface area contributed by atoms with Crippen molar-refractivity contribution in [2.24, 2.45) is 0 Å². The van der Waals surface area contributed by atoms with Gasteiger partial charge in [-0.15, -0.1) is 0 Å². The predicted molar refractivity (Wildman–Crippen MR) is 171 cm³/mol. The first-order valence-electron chi connectivity index (χ1n) is 16.1. The lowest BCUT2D eigenvalue weighted by molar-refractivity contribution is -0.209. The van der Waals surface area contributed by atoms with Gasteiger partial charge in [-0.1, -0.05) is 65.2 Å². The molecular formula is C25H50O22P4. The minimum atomic E-state index is -5.76. The number of phosphoric ester groups is 4. The Labute approximate surface area is 294 Å². The van der Waals surface area contributed by atoms with Gasteiger partial charge in [-0.25, -0.2) is 18.3 Å². The minimum absolute atomic E-state index is 0.0319. The summed E-state index contributed by atoms with van der Waals surface area (Å²) in [5.41, 5.74) is 0. The number of carbonyl (C=O) groups excluding carboxylic acids is 2. The first kappa shape index (κ1) is 48.3. The van der Waals surface area contributed by atoms with E-state index in [1.165, 1.54) is 0 Å². The summed E-state index contributed by atoms with van der Waals surface area (Å²) in [6.07, 6.45) is -9.83. The molecule has 0 bridgehead atoms. The second-order valence-corrected chi connectivity index (χ2v) is 16.6. The Hall–Kier alpha value is -0.700. The third kappa shape index (κ3) is 21.1. The van der Waals surface area contributed by atoms with E-state index in [4.69, 9.17) is 18.5 Å². The molecule has 22 nitrogen and oxygen atoms in total. The van der Waals surface area contributed by atoms with Crippen LogP contribution in [0.1, 0.15) is 90.9 Å². The van der Waals surface area contributed by atoms with Gasteiger partial charge in [0, 0.05) is 12.8 Å². The van der Waals surface area contributed by atoms with E-state index in [1.807, 2.05) is 13.8 Å². The highest BCUT2D eigenvalue weighted by molar-refractivity contribution is 7.47. The molecule has 0 aliphatic heterocycles. The number of hydrogen-bond acceptors (Lipinski definition) is 15. The molecule has 0 saturated heterocycles. The van der Waals surface area contributed by atoms with Crippen molar-refractivity contribution in [3.05, 3.63) is 0 Å². The summed E-state index contributed by atoms with van der Waals surface area (Å²) in [4.78, 5) is 91.0. The highest BCUT2D eigenvalue weighted by Crippen LogP contribution is 2.53. The molecule has 3 unspecified atom stereocenters. The maximum Gasteiger partial charge on any atom is 0.472 e. The molecule has 8 atom stereocenters. The molecule has 302 valence electrons. The number of rotatable bonds is 26. The molecule has 0 aromatic rings. The van der Waals surface area contributed by atoms with Gasteiger partial charge in [0.05, 0.1) is 6.61 Å². The maximum atomic E-state index is 13.0. The highest BCUT2D eigenvalue weighted by Gasteiger charge is 2.59. The van der Waals surface area contributed by atoms with Crippen molar-refractivity contribution >= 4 is 43.2 Å². The number of carbonyl (C=O) groups is 2. The first-order valence-corrected chi connectivity index (χ1v) is 22.2. The van der Waals surface area contributed by atoms with Crippen molar-refractivity contribution in [1.82, 2.24) is 0 Å². The van der Waals surface area contributed by atoms with Crippen molar-refractivity contribution in [2.75, 3.05) is 13.2 Å². The predicted octanol–water partition coefficient (Wildman–Crippen LogP) is 1.83. The van der Waals surface area contributed by atoms with Gasteiger partial charge in [0.1, 0.15) is 43.2 Å². The third-order valence-corrected chi connectivity index (χ3v) is 9.69. The summed E-state index contributed by atoms with van der Waals surface area (Å²) in [5.74, 6) is -1.43. The Morgan fingerprint density at radius 1 is 0.549 bits per heavy atom. The fraction of sp³-hybridized carbons (Fsp3) is 0.920. The van der Waals surface area contributed by atoms with E-state index in [2.05, 4.69) is 13.6 Å². The fourth-order valence-electron chi connectivity index (χ4n) is 4.84. The molecule has 0 heterocycles. The third-order valence-electron chi connectivity index (χ3n) is 7.15. The van der Waals surface area contributed by atoms with E-state index in [0.717, 1.165) is 44.9 Å². The molecule has 0 aromatic heterocycles. The molecule has 0 radical (unpaired) electrons. The number of ether oxygens (including phenoxy) is 2. The average Bonchev–Trinajstić information content (AvgIpc) is 2.99. The molecule has 26 heteroatoms. The van der Waals surface area contributed by atoms with Crippen LogP contribution in [0.5, 0.6) is 0 Å². The summed E-state index contributed by atoms with van der Waals surface area (Å²) >= 11 is 0. The molecule has 1 rings (SSSR count). The second kappa shape index (κ2) is 22.6. The smallest absolute Gasteiger partial charge is 0.462 e. The molecule has 9 N–H and O–H groups in total. The Bertz CT molecular complexity index is 1210. The van der Waals surface area contributed by atoms with Gasteiger partial charge in [0.2, 0.25) is 0 Å². The summed E-state index contributed by atoms with van der Waals surface area (Å²) in [6, 6.07) is 0. The largest absolute Gasteiger partial charge is 0.472 e. The molecule has 0 spiro atoms. The monoisotopic (exact) mass is 826 g/mol. The lowest BCUT2D eigenvalue weighted by atomic mass is 9.85. The normalized spacial score (nSPS) is 24.8. The van der Waals surface area contributed by atoms with Crippen LogP contribution in [-0.2, 0) is 59.9 Å². The van der Waals surface area contributed by atoms with E-state index in [9.17, 15) is 72.3 Å². The number of unbranched alkanes of at least 4 members (excludes halogenated alkanes) is 8. The molecule has 0 amide bonds. The highest BCUT2D eigenvalue weighted by atomic mass is 31.2. The zero-order valence-electron chi connectivity index (χ0n) is 28.1. The van der Waals surface area contributed by atoms with Gasteiger partial charge in [0.15, 0.2) is 6.10 Å². The van der Waals surface area contributed by atoms with Crippen molar-refractivity contribution in [1.29, 1.82) is 0 Å². The number of esters is 2. The van der Waals surface area contributed by atoms with E-state index < -0.39 is 99.2 Å². The molecule has 1 fully saturated rings. The molecule has 1 aliphatic carbocycles. The molecule has 51 heavy (non-hydrogen) atoms. The average molecular weight is 827 g/mol. The minimum Gasteiger partial charge on any atom is -0.462 e. The molecular weight excluding hydrogens is 776 g/mol. The van der Waals surface area contributed by atoms with Gasteiger partial charge in [-0.3, -0.25) is 32.2 Å². The van der Waals surface area contributed by atoms with Crippen molar-refractivity contribution in [3.8, 4) is 0 Å². The van der Waals surface area contributed by atoms with E-state index in [0.29, 0.717) is 19.3 Å². The number of aliphatic hydroxyl groups is 2. The summed E-state index contributed by atoms with van der Waals surface area (Å²) in [5, 5.41) is 21.5. The zero-order valence-corrected chi connectivity index (χ0v) is 31.6. The van der Waals surface area contributed by atoms with Crippen LogP contribution in [0.2, 0.25) is 0 Å². The fourth-order valence-corrected chi connectivity index (χ4v) is 7.50. The van der Waals surface area contributed by atoms with Crippen molar-refractivity contribution in [2.45, 2.75) is 134 Å². The van der Waals surface area contributed by atoms with Crippen molar-refractivity contribution < 1.29 is 104 Å².